The molecule has 1 aliphatic heterocycles. The number of hydrogen-bond donors (Lipinski definition) is 0. The molecule has 1 saturated heterocycles. The van der Waals surface area contributed by atoms with E-state index in [0.29, 0.717) is 6.61 Å². The highest BCUT2D eigenvalue weighted by Gasteiger charge is 2.13. The molecule has 0 spiro atoms. The molecule has 0 radical (unpaired) electrons. The molecule has 1 aromatic carbocycles. The van der Waals surface area contributed by atoms with Crippen LogP contribution in [0.5, 0.6) is 5.75 Å². The van der Waals surface area contributed by atoms with Crippen LogP contribution in [0.3, 0.4) is 0 Å². The van der Waals surface area contributed by atoms with E-state index in [0.717, 1.165) is 41.7 Å². The molecule has 0 atom stereocenters. The highest BCUT2D eigenvalue weighted by Crippen LogP contribution is 2.24. The summed E-state index contributed by atoms with van der Waals surface area (Å²) in [7, 11) is 0. The van der Waals surface area contributed by atoms with Crippen molar-refractivity contribution in [3.63, 3.8) is 0 Å². The second-order valence-electron chi connectivity index (χ2n) is 5.19. The monoisotopic (exact) mass is 351 g/mol. The Hall–Kier alpha value is -1.29. The van der Waals surface area contributed by atoms with E-state index in [1.54, 1.807) is 6.08 Å². The number of amides is 1. The summed E-state index contributed by atoms with van der Waals surface area (Å²) in [5.74, 6) is 0.903. The van der Waals surface area contributed by atoms with E-state index >= 15 is 0 Å². The van der Waals surface area contributed by atoms with Gasteiger partial charge in [-0.2, -0.15) is 0 Å². The van der Waals surface area contributed by atoms with Gasteiger partial charge in [-0.05, 0) is 44.0 Å². The van der Waals surface area contributed by atoms with Gasteiger partial charge < -0.3 is 9.64 Å². The maximum Gasteiger partial charge on any atom is 0.246 e. The standard InChI is InChI=1S/C17H22BrNO2/c1-2-21-16-9-8-15(18)13-14(16)7-10-17(20)19-11-5-3-4-6-12-19/h7-10,13H,2-6,11-12H2,1H3/b10-7+. The van der Waals surface area contributed by atoms with E-state index in [4.69, 9.17) is 4.74 Å². The molecule has 1 heterocycles. The molecule has 1 aliphatic rings. The molecule has 0 unspecified atom stereocenters. The number of ether oxygens (including phenoxy) is 1. The SMILES string of the molecule is CCOc1ccc(Br)cc1/C=C/C(=O)N1CCCCCC1. The van der Waals surface area contributed by atoms with Crippen LogP contribution in [0.1, 0.15) is 38.2 Å². The zero-order chi connectivity index (χ0) is 15.1. The van der Waals surface area contributed by atoms with E-state index in [1.807, 2.05) is 36.1 Å². The molecule has 1 aromatic rings. The molecule has 0 aliphatic carbocycles. The third-order valence-corrected chi connectivity index (χ3v) is 4.09. The predicted octanol–water partition coefficient (Wildman–Crippen LogP) is 4.26. The summed E-state index contributed by atoms with van der Waals surface area (Å²) in [5.41, 5.74) is 0.925. The van der Waals surface area contributed by atoms with Crippen LogP contribution in [-0.2, 0) is 4.79 Å². The smallest absolute Gasteiger partial charge is 0.246 e. The van der Waals surface area contributed by atoms with Crippen molar-refractivity contribution in [3.8, 4) is 5.75 Å². The van der Waals surface area contributed by atoms with Crippen LogP contribution < -0.4 is 4.74 Å². The number of halogens is 1. The number of carbonyl (C=O) groups excluding carboxylic acids is 1. The average Bonchev–Trinajstić information content (AvgIpc) is 2.76. The highest BCUT2D eigenvalue weighted by molar-refractivity contribution is 9.10. The first-order valence-electron chi connectivity index (χ1n) is 7.60. The largest absolute Gasteiger partial charge is 0.493 e. The zero-order valence-electron chi connectivity index (χ0n) is 12.5. The van der Waals surface area contributed by atoms with Crippen molar-refractivity contribution in [2.45, 2.75) is 32.6 Å². The second kappa shape index (κ2) is 8.23. The molecule has 0 aromatic heterocycles. The van der Waals surface area contributed by atoms with Crippen LogP contribution in [0.25, 0.3) is 6.08 Å². The Balaban J connectivity index is 2.08. The second-order valence-corrected chi connectivity index (χ2v) is 6.10. The van der Waals surface area contributed by atoms with Gasteiger partial charge in [-0.3, -0.25) is 4.79 Å². The van der Waals surface area contributed by atoms with Crippen molar-refractivity contribution in [2.75, 3.05) is 19.7 Å². The van der Waals surface area contributed by atoms with Gasteiger partial charge in [-0.1, -0.05) is 28.8 Å². The highest BCUT2D eigenvalue weighted by atomic mass is 79.9. The molecule has 0 saturated carbocycles. The number of rotatable bonds is 4. The van der Waals surface area contributed by atoms with Crippen LogP contribution in [-0.4, -0.2) is 30.5 Å². The summed E-state index contributed by atoms with van der Waals surface area (Å²) >= 11 is 3.46. The number of likely N-dealkylation sites (tertiary alicyclic amines) is 1. The van der Waals surface area contributed by atoms with E-state index in [1.165, 1.54) is 12.8 Å². The van der Waals surface area contributed by atoms with Crippen molar-refractivity contribution < 1.29 is 9.53 Å². The fraction of sp³-hybridized carbons (Fsp3) is 0.471. The molecular weight excluding hydrogens is 330 g/mol. The fourth-order valence-corrected chi connectivity index (χ4v) is 2.87. The van der Waals surface area contributed by atoms with Gasteiger partial charge in [-0.25, -0.2) is 0 Å². The minimum absolute atomic E-state index is 0.0966. The average molecular weight is 352 g/mol. The van der Waals surface area contributed by atoms with Gasteiger partial charge in [0, 0.05) is 29.2 Å². The maximum atomic E-state index is 12.3. The first-order chi connectivity index (χ1) is 10.2. The summed E-state index contributed by atoms with van der Waals surface area (Å²) in [5, 5.41) is 0. The van der Waals surface area contributed by atoms with Crippen molar-refractivity contribution in [1.29, 1.82) is 0 Å². The lowest BCUT2D eigenvalue weighted by Crippen LogP contribution is -2.30. The zero-order valence-corrected chi connectivity index (χ0v) is 14.1. The third-order valence-electron chi connectivity index (χ3n) is 3.59. The Labute approximate surface area is 135 Å². The molecule has 21 heavy (non-hydrogen) atoms. The lowest BCUT2D eigenvalue weighted by Gasteiger charge is -2.18. The van der Waals surface area contributed by atoms with Crippen molar-refractivity contribution in [3.05, 3.63) is 34.3 Å². The van der Waals surface area contributed by atoms with Crippen LogP contribution in [0.4, 0.5) is 0 Å². The van der Waals surface area contributed by atoms with E-state index in [-0.39, 0.29) is 5.91 Å². The summed E-state index contributed by atoms with van der Waals surface area (Å²) < 4.78 is 6.57. The number of hydrogen-bond acceptors (Lipinski definition) is 2. The van der Waals surface area contributed by atoms with E-state index in [2.05, 4.69) is 15.9 Å². The first-order valence-corrected chi connectivity index (χ1v) is 8.39. The Morgan fingerprint density at radius 1 is 1.29 bits per heavy atom. The van der Waals surface area contributed by atoms with E-state index < -0.39 is 0 Å². The minimum Gasteiger partial charge on any atom is -0.493 e. The van der Waals surface area contributed by atoms with Gasteiger partial charge in [-0.15, -0.1) is 0 Å². The number of carbonyl (C=O) groups is 1. The molecule has 2 rings (SSSR count). The molecule has 1 amide bonds. The molecule has 114 valence electrons. The molecule has 3 nitrogen and oxygen atoms in total. The first kappa shape index (κ1) is 16.1. The van der Waals surface area contributed by atoms with Gasteiger partial charge in [0.15, 0.2) is 0 Å². The van der Waals surface area contributed by atoms with Crippen molar-refractivity contribution in [1.82, 2.24) is 4.90 Å². The summed E-state index contributed by atoms with van der Waals surface area (Å²) in [6.07, 6.45) is 8.20. The summed E-state index contributed by atoms with van der Waals surface area (Å²) in [6, 6.07) is 5.83. The lowest BCUT2D eigenvalue weighted by molar-refractivity contribution is -0.125. The Morgan fingerprint density at radius 2 is 2.00 bits per heavy atom. The topological polar surface area (TPSA) is 29.5 Å². The predicted molar refractivity (Wildman–Crippen MR) is 89.4 cm³/mol. The molecule has 4 heteroatoms. The van der Waals surface area contributed by atoms with Crippen LogP contribution in [0.2, 0.25) is 0 Å². The molecule has 0 bridgehead atoms. The van der Waals surface area contributed by atoms with Crippen LogP contribution in [0, 0.1) is 0 Å². The minimum atomic E-state index is 0.0966. The normalized spacial score (nSPS) is 16.0. The fourth-order valence-electron chi connectivity index (χ4n) is 2.49. The van der Waals surface area contributed by atoms with Gasteiger partial charge in [0.2, 0.25) is 5.91 Å². The lowest BCUT2D eigenvalue weighted by atomic mass is 10.2. The third kappa shape index (κ3) is 4.88. The molecular formula is C17H22BrNO2. The van der Waals surface area contributed by atoms with Crippen LogP contribution in [0.15, 0.2) is 28.7 Å². The van der Waals surface area contributed by atoms with E-state index in [9.17, 15) is 4.79 Å². The quantitative estimate of drug-likeness (QED) is 0.758. The summed E-state index contributed by atoms with van der Waals surface area (Å²) in [6.45, 7) is 4.32. The van der Waals surface area contributed by atoms with Crippen LogP contribution >= 0.6 is 15.9 Å². The molecule has 1 fully saturated rings. The summed E-state index contributed by atoms with van der Waals surface area (Å²) in [4.78, 5) is 14.2. The van der Waals surface area contributed by atoms with Gasteiger partial charge in [0.1, 0.15) is 5.75 Å². The van der Waals surface area contributed by atoms with Crippen molar-refractivity contribution in [2.24, 2.45) is 0 Å². The van der Waals surface area contributed by atoms with Crippen molar-refractivity contribution >= 4 is 27.9 Å². The Morgan fingerprint density at radius 3 is 2.67 bits per heavy atom. The number of nitrogens with zero attached hydrogens (tertiary/aromatic N) is 1. The van der Waals surface area contributed by atoms with Gasteiger partial charge in [0.25, 0.3) is 0 Å². The number of benzene rings is 1. The maximum absolute atomic E-state index is 12.3. The molecule has 0 N–H and O–H groups in total. The Bertz CT molecular complexity index is 506. The van der Waals surface area contributed by atoms with Gasteiger partial charge >= 0.3 is 0 Å². The Kier molecular flexibility index (Phi) is 6.30. The van der Waals surface area contributed by atoms with Gasteiger partial charge in [0.05, 0.1) is 6.61 Å².